The molecule has 3 aromatic carbocycles. The summed E-state index contributed by atoms with van der Waals surface area (Å²) in [6.45, 7) is 6.30. The first-order valence-electron chi connectivity index (χ1n) is 13.5. The third-order valence-corrected chi connectivity index (χ3v) is 7.76. The van der Waals surface area contributed by atoms with Crippen molar-refractivity contribution in [1.29, 1.82) is 0 Å². The molecule has 5 rings (SSSR count). The Balaban J connectivity index is 0.000000531. The molecule has 0 unspecified atom stereocenters. The SMILES string of the molecule is CCCN(C)C.Cc1ccc(NC(=O)c2ccc(N3CCCCS3)cc2F)cc1-c1nccc2ccccc12. The molecule has 1 aromatic heterocycles. The van der Waals surface area contributed by atoms with E-state index in [1.54, 1.807) is 24.2 Å². The molecule has 5 nitrogen and oxygen atoms in total. The number of carbonyl (C=O) groups excluding carboxylic acids is 1. The van der Waals surface area contributed by atoms with Crippen LogP contribution >= 0.6 is 11.9 Å². The zero-order valence-corrected chi connectivity index (χ0v) is 24.0. The number of nitrogens with one attached hydrogen (secondary N) is 1. The molecule has 1 N–H and O–H groups in total. The number of hydrogen-bond acceptors (Lipinski definition) is 5. The van der Waals surface area contributed by atoms with Crippen molar-refractivity contribution in [3.8, 4) is 11.3 Å². The highest BCUT2D eigenvalue weighted by atomic mass is 32.2. The second kappa shape index (κ2) is 13.6. The van der Waals surface area contributed by atoms with Crippen molar-refractivity contribution in [2.45, 2.75) is 33.1 Å². The molecule has 0 aliphatic carbocycles. The largest absolute Gasteiger partial charge is 0.322 e. The number of pyridine rings is 1. The van der Waals surface area contributed by atoms with Crippen molar-refractivity contribution < 1.29 is 9.18 Å². The number of amides is 1. The van der Waals surface area contributed by atoms with E-state index in [-0.39, 0.29) is 5.56 Å². The number of anilines is 2. The summed E-state index contributed by atoms with van der Waals surface area (Å²) >= 11 is 1.70. The lowest BCUT2D eigenvalue weighted by Gasteiger charge is -2.27. The summed E-state index contributed by atoms with van der Waals surface area (Å²) in [6.07, 6.45) is 5.32. The van der Waals surface area contributed by atoms with E-state index in [0.29, 0.717) is 5.69 Å². The van der Waals surface area contributed by atoms with E-state index in [1.807, 2.05) is 55.5 Å². The normalized spacial score (nSPS) is 13.2. The van der Waals surface area contributed by atoms with Crippen LogP contribution in [0.15, 0.2) is 72.9 Å². The van der Waals surface area contributed by atoms with Crippen LogP contribution in [0.4, 0.5) is 15.8 Å². The fourth-order valence-electron chi connectivity index (χ4n) is 4.58. The monoisotopic (exact) mass is 544 g/mol. The highest BCUT2D eigenvalue weighted by Crippen LogP contribution is 2.32. The zero-order chi connectivity index (χ0) is 27.8. The summed E-state index contributed by atoms with van der Waals surface area (Å²) in [5.41, 5.74) is 4.27. The number of carbonyl (C=O) groups is 1. The van der Waals surface area contributed by atoms with Crippen LogP contribution in [0.3, 0.4) is 0 Å². The smallest absolute Gasteiger partial charge is 0.258 e. The van der Waals surface area contributed by atoms with Gasteiger partial charge < -0.3 is 14.5 Å². The molecule has 4 aromatic rings. The maximum Gasteiger partial charge on any atom is 0.258 e. The Morgan fingerprint density at radius 3 is 2.59 bits per heavy atom. The van der Waals surface area contributed by atoms with Crippen LogP contribution in [0.2, 0.25) is 0 Å². The van der Waals surface area contributed by atoms with Gasteiger partial charge in [0.05, 0.1) is 11.3 Å². The molecule has 7 heteroatoms. The van der Waals surface area contributed by atoms with Gasteiger partial charge in [0.2, 0.25) is 0 Å². The average molecular weight is 545 g/mol. The summed E-state index contributed by atoms with van der Waals surface area (Å²) in [7, 11) is 4.17. The van der Waals surface area contributed by atoms with Crippen molar-refractivity contribution >= 4 is 40.0 Å². The summed E-state index contributed by atoms with van der Waals surface area (Å²) in [5, 5.41) is 5.01. The Bertz CT molecular complexity index is 1410. The predicted molar refractivity (Wildman–Crippen MR) is 164 cm³/mol. The number of nitrogens with zero attached hydrogens (tertiary/aromatic N) is 3. The maximum absolute atomic E-state index is 14.8. The lowest BCUT2D eigenvalue weighted by molar-refractivity contribution is 0.102. The van der Waals surface area contributed by atoms with Crippen molar-refractivity contribution in [2.24, 2.45) is 0 Å². The molecule has 1 amide bonds. The number of aromatic nitrogens is 1. The van der Waals surface area contributed by atoms with Crippen LogP contribution in [-0.4, -0.2) is 48.7 Å². The molecule has 0 radical (unpaired) electrons. The number of fused-ring (bicyclic) bond motifs is 1. The van der Waals surface area contributed by atoms with Crippen LogP contribution in [0.25, 0.3) is 22.0 Å². The minimum atomic E-state index is -0.515. The summed E-state index contributed by atoms with van der Waals surface area (Å²) in [5.74, 6) is 0.0517. The highest BCUT2D eigenvalue weighted by molar-refractivity contribution is 8.00. The van der Waals surface area contributed by atoms with E-state index in [9.17, 15) is 9.18 Å². The standard InChI is InChI=1S/C27H24FN3OS.C5H13N/c1-18-8-9-20(16-24(18)26-22-7-3-2-6-19(22)12-13-29-26)30-27(32)23-11-10-21(17-25(23)28)31-14-4-5-15-33-31;1-4-5-6(2)3/h2-3,6-13,16-17H,4-5,14-15H2,1H3,(H,30,32);4-5H2,1-3H3. The van der Waals surface area contributed by atoms with Gasteiger partial charge in [-0.15, -0.1) is 0 Å². The minimum absolute atomic E-state index is 0.0335. The average Bonchev–Trinajstić information content (AvgIpc) is 2.94. The Morgan fingerprint density at radius 2 is 1.90 bits per heavy atom. The molecule has 0 spiro atoms. The number of aryl methyl sites for hydroxylation is 1. The zero-order valence-electron chi connectivity index (χ0n) is 23.2. The molecule has 0 saturated carbocycles. The first kappa shape index (κ1) is 28.6. The molecule has 204 valence electrons. The van der Waals surface area contributed by atoms with E-state index in [0.717, 1.165) is 52.0 Å². The summed E-state index contributed by atoms with van der Waals surface area (Å²) in [6, 6.07) is 20.6. The van der Waals surface area contributed by atoms with Gasteiger partial charge in [-0.2, -0.15) is 0 Å². The molecular weight excluding hydrogens is 507 g/mol. The van der Waals surface area contributed by atoms with Gasteiger partial charge in [0, 0.05) is 40.8 Å². The lowest BCUT2D eigenvalue weighted by Crippen LogP contribution is -2.21. The number of benzene rings is 3. The van der Waals surface area contributed by atoms with Gasteiger partial charge in [0.15, 0.2) is 0 Å². The maximum atomic E-state index is 14.8. The third kappa shape index (κ3) is 7.37. The summed E-state index contributed by atoms with van der Waals surface area (Å²) in [4.78, 5) is 19.7. The second-order valence-corrected chi connectivity index (χ2v) is 11.1. The molecular formula is C32H37FN4OS. The van der Waals surface area contributed by atoms with Crippen molar-refractivity contribution in [1.82, 2.24) is 9.88 Å². The van der Waals surface area contributed by atoms with Crippen LogP contribution in [0.5, 0.6) is 0 Å². The van der Waals surface area contributed by atoms with Gasteiger partial charge in [-0.25, -0.2) is 4.39 Å². The quantitative estimate of drug-likeness (QED) is 0.251. The van der Waals surface area contributed by atoms with Gasteiger partial charge in [0.1, 0.15) is 5.82 Å². The van der Waals surface area contributed by atoms with Crippen molar-refractivity contribution in [3.63, 3.8) is 0 Å². The fourth-order valence-corrected chi connectivity index (χ4v) is 5.65. The van der Waals surface area contributed by atoms with Gasteiger partial charge in [-0.05, 0) is 106 Å². The van der Waals surface area contributed by atoms with Crippen LogP contribution in [0, 0.1) is 12.7 Å². The van der Waals surface area contributed by atoms with E-state index in [4.69, 9.17) is 0 Å². The predicted octanol–water partition coefficient (Wildman–Crippen LogP) is 7.81. The van der Waals surface area contributed by atoms with E-state index < -0.39 is 11.7 Å². The van der Waals surface area contributed by atoms with Gasteiger partial charge in [-0.1, -0.05) is 37.3 Å². The first-order chi connectivity index (χ1) is 18.9. The molecule has 39 heavy (non-hydrogen) atoms. The van der Waals surface area contributed by atoms with Crippen LogP contribution in [0.1, 0.15) is 42.1 Å². The van der Waals surface area contributed by atoms with E-state index in [2.05, 4.69) is 46.6 Å². The van der Waals surface area contributed by atoms with Crippen molar-refractivity contribution in [2.75, 3.05) is 42.6 Å². The summed E-state index contributed by atoms with van der Waals surface area (Å²) < 4.78 is 16.9. The molecule has 2 heterocycles. The topological polar surface area (TPSA) is 48.5 Å². The Hall–Kier alpha value is -3.42. The molecule has 0 atom stereocenters. The Labute approximate surface area is 235 Å². The van der Waals surface area contributed by atoms with Crippen molar-refractivity contribution in [3.05, 3.63) is 89.9 Å². The van der Waals surface area contributed by atoms with Gasteiger partial charge in [0.25, 0.3) is 5.91 Å². The van der Waals surface area contributed by atoms with Gasteiger partial charge >= 0.3 is 0 Å². The first-order valence-corrected chi connectivity index (χ1v) is 14.4. The molecule has 1 saturated heterocycles. The molecule has 1 fully saturated rings. The number of hydrogen-bond donors (Lipinski definition) is 1. The van der Waals surface area contributed by atoms with Crippen LogP contribution in [-0.2, 0) is 0 Å². The number of rotatable bonds is 6. The second-order valence-electron chi connectivity index (χ2n) is 9.97. The molecule has 1 aliphatic rings. The highest BCUT2D eigenvalue weighted by Gasteiger charge is 2.18. The van der Waals surface area contributed by atoms with E-state index >= 15 is 0 Å². The molecule has 1 aliphatic heterocycles. The Morgan fingerprint density at radius 1 is 1.08 bits per heavy atom. The number of halogens is 1. The molecule has 0 bridgehead atoms. The minimum Gasteiger partial charge on any atom is -0.322 e. The fraction of sp³-hybridized carbons (Fsp3) is 0.312. The third-order valence-electron chi connectivity index (χ3n) is 6.58. The van der Waals surface area contributed by atoms with Crippen LogP contribution < -0.4 is 9.62 Å². The lowest BCUT2D eigenvalue weighted by atomic mass is 9.99. The Kier molecular flexibility index (Phi) is 9.96. The van der Waals surface area contributed by atoms with Gasteiger partial charge in [-0.3, -0.25) is 9.78 Å². The van der Waals surface area contributed by atoms with E-state index in [1.165, 1.54) is 25.5 Å².